The molecule has 0 aromatic heterocycles. The molecule has 0 saturated carbocycles. The van der Waals surface area contributed by atoms with E-state index in [2.05, 4.69) is 48.7 Å². The van der Waals surface area contributed by atoms with Gasteiger partial charge in [0, 0.05) is 25.7 Å². The summed E-state index contributed by atoms with van der Waals surface area (Å²) in [6, 6.07) is 0.639. The van der Waals surface area contributed by atoms with Gasteiger partial charge in [0.15, 0.2) is 0 Å². The highest BCUT2D eigenvalue weighted by Crippen LogP contribution is 2.29. The van der Waals surface area contributed by atoms with Crippen molar-refractivity contribution in [3.63, 3.8) is 0 Å². The maximum atomic E-state index is 6.30. The Kier molecular flexibility index (Phi) is 6.63. The van der Waals surface area contributed by atoms with E-state index in [4.69, 9.17) is 9.47 Å². The van der Waals surface area contributed by atoms with Crippen molar-refractivity contribution in [1.82, 2.24) is 0 Å². The summed E-state index contributed by atoms with van der Waals surface area (Å²) in [5.74, 6) is 0. The Labute approximate surface area is 156 Å². The highest BCUT2D eigenvalue weighted by Gasteiger charge is 2.40. The number of likely N-dealkylation sites (tertiary alicyclic amines) is 2. The number of quaternary nitrogens is 2. The normalized spacial score (nSPS) is 29.6. The summed E-state index contributed by atoms with van der Waals surface area (Å²) < 4.78 is 14.8. The van der Waals surface area contributed by atoms with Gasteiger partial charge in [-0.1, -0.05) is 0 Å². The van der Waals surface area contributed by atoms with E-state index in [1.54, 1.807) is 0 Å². The zero-order valence-corrected chi connectivity index (χ0v) is 18.1. The lowest BCUT2D eigenvalue weighted by molar-refractivity contribution is -0.946. The summed E-state index contributed by atoms with van der Waals surface area (Å²) in [5, 5.41) is 0. The van der Waals surface area contributed by atoms with Crippen molar-refractivity contribution in [1.29, 1.82) is 0 Å². The zero-order valence-electron chi connectivity index (χ0n) is 18.1. The first-order valence-corrected chi connectivity index (χ1v) is 10.4. The smallest absolute Gasteiger partial charge is 0.113 e. The fourth-order valence-corrected chi connectivity index (χ4v) is 4.15. The summed E-state index contributed by atoms with van der Waals surface area (Å²) in [6.45, 7) is 19.1. The van der Waals surface area contributed by atoms with Crippen LogP contribution in [0.25, 0.3) is 0 Å². The summed E-state index contributed by atoms with van der Waals surface area (Å²) >= 11 is 0. The minimum Gasteiger partial charge on any atom is -0.370 e. The Bertz CT molecular complexity index is 426. The van der Waals surface area contributed by atoms with Crippen LogP contribution in [0.2, 0.25) is 0 Å². The van der Waals surface area contributed by atoms with E-state index in [1.807, 2.05) is 0 Å². The number of hydrogen-bond donors (Lipinski definition) is 0. The van der Waals surface area contributed by atoms with Gasteiger partial charge in [0.2, 0.25) is 0 Å². The second-order valence-corrected chi connectivity index (χ2v) is 10.6. The van der Waals surface area contributed by atoms with Gasteiger partial charge in [-0.15, -0.1) is 0 Å². The van der Waals surface area contributed by atoms with Gasteiger partial charge in [0.25, 0.3) is 0 Å². The first-order chi connectivity index (χ1) is 11.4. The number of hydrogen-bond acceptors (Lipinski definition) is 2. The van der Waals surface area contributed by atoms with Crippen molar-refractivity contribution in [3.8, 4) is 0 Å². The quantitative estimate of drug-likeness (QED) is 0.589. The number of likely N-dealkylation sites (N-methyl/N-ethyl adjacent to an activating group) is 2. The maximum absolute atomic E-state index is 6.30. The average molecular weight is 357 g/mol. The van der Waals surface area contributed by atoms with Crippen molar-refractivity contribution in [2.45, 2.75) is 77.5 Å². The van der Waals surface area contributed by atoms with E-state index >= 15 is 0 Å². The zero-order chi connectivity index (χ0) is 18.8. The third kappa shape index (κ3) is 6.50. The van der Waals surface area contributed by atoms with Crippen molar-refractivity contribution in [3.05, 3.63) is 0 Å². The third-order valence-electron chi connectivity index (χ3n) is 6.54. The van der Waals surface area contributed by atoms with Gasteiger partial charge < -0.3 is 18.4 Å². The minimum absolute atomic E-state index is 0.0245. The lowest BCUT2D eigenvalue weighted by Gasteiger charge is -2.43. The lowest BCUT2D eigenvalue weighted by atomic mass is 10.0. The largest absolute Gasteiger partial charge is 0.370 e. The minimum atomic E-state index is -0.0360. The first kappa shape index (κ1) is 21.1. The molecule has 25 heavy (non-hydrogen) atoms. The second kappa shape index (κ2) is 7.84. The molecule has 2 atom stereocenters. The molecular formula is C21H44N2O2+2. The van der Waals surface area contributed by atoms with Crippen LogP contribution in [0.3, 0.4) is 0 Å². The van der Waals surface area contributed by atoms with E-state index < -0.39 is 0 Å². The van der Waals surface area contributed by atoms with Crippen LogP contribution in [0.4, 0.5) is 0 Å². The van der Waals surface area contributed by atoms with Crippen molar-refractivity contribution >= 4 is 0 Å². The van der Waals surface area contributed by atoms with Crippen LogP contribution in [-0.2, 0) is 9.47 Å². The molecule has 4 nitrogen and oxygen atoms in total. The molecule has 2 aliphatic heterocycles. The van der Waals surface area contributed by atoms with Gasteiger partial charge in [-0.3, -0.25) is 0 Å². The summed E-state index contributed by atoms with van der Waals surface area (Å²) in [7, 11) is 4.78. The molecule has 148 valence electrons. The standard InChI is InChI=1S/C21H44N2O2/c1-20(2,3)25-18-19-10-8-14-23(19,7)15-11-21(4,5)24-17-16-22(6)12-9-13-22/h19H,8-18H2,1-7H3/q+2. The predicted octanol–water partition coefficient (Wildman–Crippen LogP) is 3.45. The Morgan fingerprint density at radius 1 is 0.880 bits per heavy atom. The van der Waals surface area contributed by atoms with Gasteiger partial charge in [-0.2, -0.15) is 0 Å². The fraction of sp³-hybridized carbons (Fsp3) is 1.00. The molecular weight excluding hydrogens is 312 g/mol. The summed E-state index contributed by atoms with van der Waals surface area (Å²) in [6.07, 6.45) is 5.13. The van der Waals surface area contributed by atoms with Crippen LogP contribution in [0.5, 0.6) is 0 Å². The molecule has 0 spiro atoms. The van der Waals surface area contributed by atoms with Crippen LogP contribution in [0, 0.1) is 0 Å². The molecule has 0 aromatic rings. The molecule has 2 unspecified atom stereocenters. The number of nitrogens with zero attached hydrogens (tertiary/aromatic N) is 2. The van der Waals surface area contributed by atoms with E-state index in [-0.39, 0.29) is 11.2 Å². The molecule has 0 N–H and O–H groups in total. The molecule has 0 aliphatic carbocycles. The van der Waals surface area contributed by atoms with Gasteiger partial charge in [0.1, 0.15) is 12.6 Å². The Balaban J connectivity index is 1.76. The SMILES string of the molecule is CC(C)(C)OCC1CCC[N+]1(C)CCC(C)(C)OCC[N+]1(C)CCC1. The molecule has 0 amide bonds. The van der Waals surface area contributed by atoms with E-state index in [0.29, 0.717) is 6.04 Å². The third-order valence-corrected chi connectivity index (χ3v) is 6.54. The van der Waals surface area contributed by atoms with Gasteiger partial charge >= 0.3 is 0 Å². The first-order valence-electron chi connectivity index (χ1n) is 10.4. The van der Waals surface area contributed by atoms with Crippen molar-refractivity contribution in [2.24, 2.45) is 0 Å². The lowest BCUT2D eigenvalue weighted by Crippen LogP contribution is -2.56. The molecule has 0 bridgehead atoms. The summed E-state index contributed by atoms with van der Waals surface area (Å²) in [5.41, 5.74) is -0.0605. The molecule has 4 heteroatoms. The van der Waals surface area contributed by atoms with Crippen molar-refractivity contribution < 1.29 is 18.4 Å². The van der Waals surface area contributed by atoms with Crippen LogP contribution < -0.4 is 0 Å². The molecule has 2 heterocycles. The molecule has 0 aromatic carbocycles. The molecule has 2 fully saturated rings. The van der Waals surface area contributed by atoms with E-state index in [0.717, 1.165) is 30.7 Å². The van der Waals surface area contributed by atoms with E-state index in [1.165, 1.54) is 49.9 Å². The Morgan fingerprint density at radius 2 is 1.56 bits per heavy atom. The average Bonchev–Trinajstić information content (AvgIpc) is 2.82. The topological polar surface area (TPSA) is 18.5 Å². The highest BCUT2D eigenvalue weighted by atomic mass is 16.5. The molecule has 0 radical (unpaired) electrons. The molecule has 2 saturated heterocycles. The van der Waals surface area contributed by atoms with Gasteiger partial charge in [-0.25, -0.2) is 0 Å². The molecule has 2 aliphatic rings. The Hall–Kier alpha value is -0.160. The maximum Gasteiger partial charge on any atom is 0.113 e. The van der Waals surface area contributed by atoms with Crippen LogP contribution in [0.15, 0.2) is 0 Å². The second-order valence-electron chi connectivity index (χ2n) is 10.6. The van der Waals surface area contributed by atoms with Gasteiger partial charge in [0.05, 0.1) is 64.7 Å². The van der Waals surface area contributed by atoms with Crippen LogP contribution in [-0.4, -0.2) is 86.2 Å². The summed E-state index contributed by atoms with van der Waals surface area (Å²) in [4.78, 5) is 0. The predicted molar refractivity (Wildman–Crippen MR) is 105 cm³/mol. The molecule has 2 rings (SSSR count). The van der Waals surface area contributed by atoms with Crippen LogP contribution in [0.1, 0.15) is 60.3 Å². The number of ether oxygens (including phenoxy) is 2. The fourth-order valence-electron chi connectivity index (χ4n) is 4.15. The van der Waals surface area contributed by atoms with Gasteiger partial charge in [-0.05, 0) is 34.6 Å². The van der Waals surface area contributed by atoms with Crippen molar-refractivity contribution in [2.75, 3.05) is 60.0 Å². The Morgan fingerprint density at radius 3 is 2.12 bits per heavy atom. The highest BCUT2D eigenvalue weighted by molar-refractivity contribution is 4.73. The van der Waals surface area contributed by atoms with Crippen LogP contribution >= 0.6 is 0 Å². The monoisotopic (exact) mass is 356 g/mol. The number of rotatable bonds is 9. The van der Waals surface area contributed by atoms with E-state index in [9.17, 15) is 0 Å².